The number of hydrogen-bond acceptors (Lipinski definition) is 6. The lowest BCUT2D eigenvalue weighted by atomic mass is 9.91. The third-order valence-electron chi connectivity index (χ3n) is 5.60. The monoisotopic (exact) mass is 436 g/mol. The molecular weight excluding hydrogens is 413 g/mol. The highest BCUT2D eigenvalue weighted by atomic mass is 19.4. The molecule has 1 atom stereocenters. The Morgan fingerprint density at radius 2 is 2.06 bits per heavy atom. The van der Waals surface area contributed by atoms with E-state index in [0.717, 1.165) is 6.07 Å². The summed E-state index contributed by atoms with van der Waals surface area (Å²) in [6, 6.07) is 1.06. The highest BCUT2D eigenvalue weighted by Crippen LogP contribution is 2.40. The van der Waals surface area contributed by atoms with Crippen LogP contribution >= 0.6 is 0 Å². The van der Waals surface area contributed by atoms with Crippen molar-refractivity contribution < 1.29 is 22.5 Å². The zero-order valence-corrected chi connectivity index (χ0v) is 17.5. The van der Waals surface area contributed by atoms with Crippen LogP contribution in [-0.4, -0.2) is 48.8 Å². The minimum Gasteiger partial charge on any atom is -0.340 e. The first-order chi connectivity index (χ1) is 14.7. The number of carbonyl (C=O) groups is 1. The van der Waals surface area contributed by atoms with Gasteiger partial charge in [-0.1, -0.05) is 12.1 Å². The Morgan fingerprint density at radius 1 is 1.29 bits per heavy atom. The Bertz CT molecular complexity index is 1120. The van der Waals surface area contributed by atoms with Crippen molar-refractivity contribution in [3.8, 4) is 0 Å². The third-order valence-corrected chi connectivity index (χ3v) is 5.60. The van der Waals surface area contributed by atoms with Gasteiger partial charge in [-0.05, 0) is 39.2 Å². The van der Waals surface area contributed by atoms with Crippen molar-refractivity contribution in [3.63, 3.8) is 0 Å². The molecule has 0 unspecified atom stereocenters. The van der Waals surface area contributed by atoms with Gasteiger partial charge in [-0.3, -0.25) is 4.79 Å². The van der Waals surface area contributed by atoms with Crippen molar-refractivity contribution >= 4 is 17.0 Å². The van der Waals surface area contributed by atoms with Gasteiger partial charge in [0.2, 0.25) is 5.91 Å². The van der Waals surface area contributed by atoms with Crippen LogP contribution in [0.2, 0.25) is 0 Å². The van der Waals surface area contributed by atoms with Gasteiger partial charge < -0.3 is 9.42 Å². The van der Waals surface area contributed by atoms with Gasteiger partial charge in [0, 0.05) is 24.7 Å². The normalized spacial score (nSPS) is 17.5. The highest BCUT2D eigenvalue weighted by molar-refractivity contribution is 5.82. The molecule has 1 saturated heterocycles. The molecule has 0 aliphatic carbocycles. The SMILES string of the molecule is CCc1cc(C(F)(F)F)c2c([C@@H]3CCCN(C(=O)Cn4nc(C)nc4C)C3)noc2n1. The second kappa shape index (κ2) is 7.93. The molecule has 4 rings (SSSR count). The van der Waals surface area contributed by atoms with Crippen LogP contribution in [0, 0.1) is 13.8 Å². The van der Waals surface area contributed by atoms with Gasteiger partial charge in [0.05, 0.1) is 16.6 Å². The van der Waals surface area contributed by atoms with Crippen molar-refractivity contribution in [1.29, 1.82) is 0 Å². The predicted octanol–water partition coefficient (Wildman–Crippen LogP) is 3.42. The smallest absolute Gasteiger partial charge is 0.340 e. The second-order valence-electron chi connectivity index (χ2n) is 7.80. The Morgan fingerprint density at radius 3 is 2.71 bits per heavy atom. The fourth-order valence-corrected chi connectivity index (χ4v) is 4.07. The molecular formula is C20H23F3N6O2. The maximum absolute atomic E-state index is 13.8. The number of aromatic nitrogens is 5. The van der Waals surface area contributed by atoms with Crippen molar-refractivity contribution in [1.82, 2.24) is 29.8 Å². The van der Waals surface area contributed by atoms with Crippen LogP contribution in [0.5, 0.6) is 0 Å². The second-order valence-corrected chi connectivity index (χ2v) is 7.80. The van der Waals surface area contributed by atoms with Gasteiger partial charge in [-0.2, -0.15) is 18.3 Å². The minimum atomic E-state index is -4.56. The molecule has 1 amide bonds. The molecule has 11 heteroatoms. The van der Waals surface area contributed by atoms with E-state index in [0.29, 0.717) is 43.1 Å². The van der Waals surface area contributed by atoms with Crippen LogP contribution < -0.4 is 0 Å². The van der Waals surface area contributed by atoms with E-state index in [4.69, 9.17) is 4.52 Å². The molecule has 0 saturated carbocycles. The first-order valence-corrected chi connectivity index (χ1v) is 10.2. The summed E-state index contributed by atoms with van der Waals surface area (Å²) >= 11 is 0. The third kappa shape index (κ3) is 4.13. The number of pyridine rings is 1. The lowest BCUT2D eigenvalue weighted by molar-refractivity contribution is -0.136. The van der Waals surface area contributed by atoms with Gasteiger partial charge in [0.15, 0.2) is 0 Å². The molecule has 0 N–H and O–H groups in total. The summed E-state index contributed by atoms with van der Waals surface area (Å²) in [5.74, 6) is 0.685. The van der Waals surface area contributed by atoms with Gasteiger partial charge in [0.1, 0.15) is 18.2 Å². The highest BCUT2D eigenvalue weighted by Gasteiger charge is 2.38. The number of amides is 1. The van der Waals surface area contributed by atoms with E-state index < -0.39 is 11.7 Å². The van der Waals surface area contributed by atoms with Crippen LogP contribution in [0.1, 0.15) is 54.3 Å². The van der Waals surface area contributed by atoms with Crippen molar-refractivity contribution in [3.05, 3.63) is 34.7 Å². The molecule has 0 bridgehead atoms. The molecule has 0 spiro atoms. The molecule has 3 aromatic heterocycles. The van der Waals surface area contributed by atoms with E-state index in [-0.39, 0.29) is 41.7 Å². The predicted molar refractivity (Wildman–Crippen MR) is 104 cm³/mol. The summed E-state index contributed by atoms with van der Waals surface area (Å²) in [5.41, 5.74) is -0.397. The minimum absolute atomic E-state index is 0.0359. The number of piperidine rings is 1. The molecule has 31 heavy (non-hydrogen) atoms. The van der Waals surface area contributed by atoms with Crippen molar-refractivity contribution in [2.45, 2.75) is 58.7 Å². The number of likely N-dealkylation sites (tertiary alicyclic amines) is 1. The number of alkyl halides is 3. The van der Waals surface area contributed by atoms with Crippen LogP contribution in [0.25, 0.3) is 11.1 Å². The fourth-order valence-electron chi connectivity index (χ4n) is 4.07. The van der Waals surface area contributed by atoms with E-state index in [1.54, 1.807) is 25.7 Å². The Labute approximate surface area is 176 Å². The lowest BCUT2D eigenvalue weighted by Gasteiger charge is -2.32. The van der Waals surface area contributed by atoms with E-state index in [1.165, 1.54) is 4.68 Å². The first-order valence-electron chi connectivity index (χ1n) is 10.2. The summed E-state index contributed by atoms with van der Waals surface area (Å²) < 4.78 is 48.0. The molecule has 0 radical (unpaired) electrons. The maximum Gasteiger partial charge on any atom is 0.417 e. The van der Waals surface area contributed by atoms with Crippen LogP contribution in [0.15, 0.2) is 10.6 Å². The van der Waals surface area contributed by atoms with E-state index in [2.05, 4.69) is 20.2 Å². The summed E-state index contributed by atoms with van der Waals surface area (Å²) in [6.07, 6.45) is -2.94. The van der Waals surface area contributed by atoms with Crippen molar-refractivity contribution in [2.24, 2.45) is 0 Å². The molecule has 3 aromatic rings. The van der Waals surface area contributed by atoms with Gasteiger partial charge in [0.25, 0.3) is 5.71 Å². The Hall–Kier alpha value is -2.98. The maximum atomic E-state index is 13.8. The first kappa shape index (κ1) is 21.3. The number of halogens is 3. The Kier molecular flexibility index (Phi) is 5.44. The standard InChI is InChI=1S/C20H23F3N6O2/c1-4-14-8-15(20(21,22)23)17-18(27-31-19(17)25-14)13-6-5-7-28(9-13)16(30)10-29-12(3)24-11(2)26-29/h8,13H,4-7,9-10H2,1-3H3/t13-/m1/s1. The largest absolute Gasteiger partial charge is 0.417 e. The number of rotatable bonds is 4. The van der Waals surface area contributed by atoms with E-state index in [9.17, 15) is 18.0 Å². The molecule has 4 heterocycles. The van der Waals surface area contributed by atoms with E-state index in [1.807, 2.05) is 0 Å². The van der Waals surface area contributed by atoms with Crippen LogP contribution in [0.3, 0.4) is 0 Å². The topological polar surface area (TPSA) is 89.9 Å². The molecule has 1 aliphatic rings. The summed E-state index contributed by atoms with van der Waals surface area (Å²) in [4.78, 5) is 22.8. The number of nitrogens with zero attached hydrogens (tertiary/aromatic N) is 6. The summed E-state index contributed by atoms with van der Waals surface area (Å²) in [6.45, 7) is 6.08. The summed E-state index contributed by atoms with van der Waals surface area (Å²) in [5, 5.41) is 8.06. The lowest BCUT2D eigenvalue weighted by Crippen LogP contribution is -2.41. The zero-order chi connectivity index (χ0) is 22.3. The molecule has 8 nitrogen and oxygen atoms in total. The van der Waals surface area contributed by atoms with Gasteiger partial charge in [-0.25, -0.2) is 14.6 Å². The molecule has 1 aliphatic heterocycles. The molecule has 1 fully saturated rings. The van der Waals surface area contributed by atoms with Crippen LogP contribution in [0.4, 0.5) is 13.2 Å². The van der Waals surface area contributed by atoms with Gasteiger partial charge in [-0.15, -0.1) is 0 Å². The average molecular weight is 436 g/mol. The van der Waals surface area contributed by atoms with E-state index >= 15 is 0 Å². The van der Waals surface area contributed by atoms with Gasteiger partial charge >= 0.3 is 6.18 Å². The summed E-state index contributed by atoms with van der Waals surface area (Å²) in [7, 11) is 0. The molecule has 166 valence electrons. The average Bonchev–Trinajstić information content (AvgIpc) is 3.28. The Balaban J connectivity index is 1.62. The molecule has 0 aromatic carbocycles. The van der Waals surface area contributed by atoms with Crippen LogP contribution in [-0.2, 0) is 23.9 Å². The number of hydrogen-bond donors (Lipinski definition) is 0. The number of aryl methyl sites for hydroxylation is 3. The number of carbonyl (C=O) groups excluding carboxylic acids is 1. The number of fused-ring (bicyclic) bond motifs is 1. The zero-order valence-electron chi connectivity index (χ0n) is 17.5. The quantitative estimate of drug-likeness (QED) is 0.623. The fraction of sp³-hybridized carbons (Fsp3) is 0.550. The van der Waals surface area contributed by atoms with Crippen molar-refractivity contribution in [2.75, 3.05) is 13.1 Å².